The fraction of sp³-hybridized carbons (Fsp3) is 0.143. The van der Waals surface area contributed by atoms with E-state index in [0.717, 1.165) is 33.5 Å². The average molecular weight is 270 g/mol. The molecular formula is C14H10N2O2S. The van der Waals surface area contributed by atoms with Gasteiger partial charge in [0, 0.05) is 17.5 Å². The van der Waals surface area contributed by atoms with Crippen molar-refractivity contribution in [1.29, 1.82) is 0 Å². The minimum atomic E-state index is -0.137. The van der Waals surface area contributed by atoms with Crippen LogP contribution in [0.25, 0.3) is 10.2 Å². The Balaban J connectivity index is 1.77. The monoisotopic (exact) mass is 270 g/mol. The van der Waals surface area contributed by atoms with Crippen LogP contribution in [0.1, 0.15) is 17.2 Å². The lowest BCUT2D eigenvalue weighted by molar-refractivity contribution is -0.257. The lowest BCUT2D eigenvalue weighted by Gasteiger charge is -2.23. The van der Waals surface area contributed by atoms with Gasteiger partial charge in [0.05, 0.1) is 4.70 Å². The van der Waals surface area contributed by atoms with Crippen LogP contribution in [0.2, 0.25) is 0 Å². The van der Waals surface area contributed by atoms with E-state index in [1.807, 2.05) is 36.4 Å². The van der Waals surface area contributed by atoms with E-state index in [4.69, 9.17) is 9.78 Å². The number of para-hydroxylation sites is 1. The highest BCUT2D eigenvalue weighted by Crippen LogP contribution is 2.35. The third-order valence-corrected chi connectivity index (χ3v) is 3.98. The molecule has 1 aromatic heterocycles. The van der Waals surface area contributed by atoms with Gasteiger partial charge in [-0.25, -0.2) is 0 Å². The van der Waals surface area contributed by atoms with Crippen LogP contribution in [-0.2, 0) is 11.3 Å². The standard InChI is InChI=1S/C14H10N2O2S/c1-2-6-11-9(4-1)8-12(18-17-11)10-5-3-7-13-14(10)15-16-19-13/h1-7,12H,8H2. The molecule has 4 nitrogen and oxygen atoms in total. The van der Waals surface area contributed by atoms with Gasteiger partial charge in [-0.2, -0.15) is 4.89 Å². The second-order valence-corrected chi connectivity index (χ2v) is 5.23. The molecule has 0 saturated heterocycles. The molecular weight excluding hydrogens is 260 g/mol. The molecule has 3 aromatic rings. The van der Waals surface area contributed by atoms with Crippen LogP contribution in [0.3, 0.4) is 0 Å². The van der Waals surface area contributed by atoms with Crippen LogP contribution in [0.4, 0.5) is 0 Å². The normalized spacial score (nSPS) is 18.0. The first-order valence-electron chi connectivity index (χ1n) is 6.04. The SMILES string of the molecule is c1ccc2c(c1)CC(c1cccc3snnc13)OO2. The third-order valence-electron chi connectivity index (χ3n) is 3.29. The van der Waals surface area contributed by atoms with Gasteiger partial charge in [0.25, 0.3) is 0 Å². The molecule has 1 aliphatic rings. The molecule has 4 rings (SSSR count). The van der Waals surface area contributed by atoms with Gasteiger partial charge in [0.1, 0.15) is 11.6 Å². The molecule has 1 atom stereocenters. The van der Waals surface area contributed by atoms with Gasteiger partial charge in [-0.3, -0.25) is 0 Å². The largest absolute Gasteiger partial charge is 0.337 e. The zero-order chi connectivity index (χ0) is 12.7. The molecule has 0 bridgehead atoms. The zero-order valence-electron chi connectivity index (χ0n) is 9.95. The maximum Gasteiger partial charge on any atom is 0.168 e. The van der Waals surface area contributed by atoms with Crippen LogP contribution in [0.5, 0.6) is 5.75 Å². The van der Waals surface area contributed by atoms with Crippen LogP contribution in [0, 0.1) is 0 Å². The second-order valence-electron chi connectivity index (χ2n) is 4.45. The first kappa shape index (κ1) is 10.9. The summed E-state index contributed by atoms with van der Waals surface area (Å²) in [5, 5.41) is 4.18. The van der Waals surface area contributed by atoms with Crippen molar-refractivity contribution in [2.24, 2.45) is 0 Å². The van der Waals surface area contributed by atoms with Crippen molar-refractivity contribution >= 4 is 21.7 Å². The molecule has 5 heteroatoms. The topological polar surface area (TPSA) is 44.2 Å². The van der Waals surface area contributed by atoms with E-state index in [-0.39, 0.29) is 6.10 Å². The maximum atomic E-state index is 5.50. The summed E-state index contributed by atoms with van der Waals surface area (Å²) >= 11 is 1.39. The quantitative estimate of drug-likeness (QED) is 0.636. The van der Waals surface area contributed by atoms with E-state index < -0.39 is 0 Å². The van der Waals surface area contributed by atoms with Crippen molar-refractivity contribution in [1.82, 2.24) is 9.59 Å². The average Bonchev–Trinajstić information content (AvgIpc) is 2.95. The van der Waals surface area contributed by atoms with E-state index in [0.29, 0.717) is 0 Å². The minimum absolute atomic E-state index is 0.137. The maximum absolute atomic E-state index is 5.50. The van der Waals surface area contributed by atoms with E-state index in [1.165, 1.54) is 11.5 Å². The summed E-state index contributed by atoms with van der Waals surface area (Å²) in [6.45, 7) is 0. The van der Waals surface area contributed by atoms with E-state index in [2.05, 4.69) is 15.7 Å². The van der Waals surface area contributed by atoms with E-state index in [9.17, 15) is 0 Å². The number of hydrogen-bond donors (Lipinski definition) is 0. The summed E-state index contributed by atoms with van der Waals surface area (Å²) in [6.07, 6.45) is 0.648. The van der Waals surface area contributed by atoms with Gasteiger partial charge in [0.15, 0.2) is 5.75 Å². The number of benzene rings is 2. The molecule has 0 N–H and O–H groups in total. The number of fused-ring (bicyclic) bond motifs is 2. The number of hydrogen-bond acceptors (Lipinski definition) is 5. The van der Waals surface area contributed by atoms with Crippen molar-refractivity contribution < 1.29 is 9.78 Å². The first-order chi connectivity index (χ1) is 9.42. The highest BCUT2D eigenvalue weighted by molar-refractivity contribution is 7.12. The Kier molecular flexibility index (Phi) is 2.46. The molecule has 0 aliphatic carbocycles. The lowest BCUT2D eigenvalue weighted by Crippen LogP contribution is -2.17. The summed E-state index contributed by atoms with van der Waals surface area (Å²) < 4.78 is 5.07. The summed E-state index contributed by atoms with van der Waals surface area (Å²) in [6, 6.07) is 14.0. The Morgan fingerprint density at radius 3 is 3.05 bits per heavy atom. The highest BCUT2D eigenvalue weighted by Gasteiger charge is 2.25. The molecule has 94 valence electrons. The van der Waals surface area contributed by atoms with Gasteiger partial charge >= 0.3 is 0 Å². The third kappa shape index (κ3) is 1.78. The molecule has 0 amide bonds. The molecule has 0 saturated carbocycles. The minimum Gasteiger partial charge on any atom is -0.337 e. The molecule has 0 fully saturated rings. The van der Waals surface area contributed by atoms with Gasteiger partial charge in [0.2, 0.25) is 0 Å². The van der Waals surface area contributed by atoms with Crippen molar-refractivity contribution in [3.05, 3.63) is 53.6 Å². The molecule has 2 aromatic carbocycles. The highest BCUT2D eigenvalue weighted by atomic mass is 32.1. The molecule has 0 radical (unpaired) electrons. The van der Waals surface area contributed by atoms with Gasteiger partial charge < -0.3 is 4.89 Å². The van der Waals surface area contributed by atoms with Crippen molar-refractivity contribution in [2.75, 3.05) is 0 Å². The summed E-state index contributed by atoms with van der Waals surface area (Å²) in [5.74, 6) is 0.794. The predicted molar refractivity (Wildman–Crippen MR) is 72.0 cm³/mol. The Morgan fingerprint density at radius 1 is 1.11 bits per heavy atom. The van der Waals surface area contributed by atoms with Gasteiger partial charge in [-0.15, -0.1) is 5.10 Å². The number of rotatable bonds is 1. The summed E-state index contributed by atoms with van der Waals surface area (Å²) in [5.41, 5.74) is 3.08. The molecule has 19 heavy (non-hydrogen) atoms. The van der Waals surface area contributed by atoms with Gasteiger partial charge in [-0.1, -0.05) is 34.8 Å². The Bertz CT molecular complexity index is 741. The Hall–Kier alpha value is -1.98. The fourth-order valence-electron chi connectivity index (χ4n) is 2.34. The van der Waals surface area contributed by atoms with Crippen molar-refractivity contribution in [3.63, 3.8) is 0 Å². The van der Waals surface area contributed by atoms with Crippen LogP contribution >= 0.6 is 11.5 Å². The smallest absolute Gasteiger partial charge is 0.168 e. The summed E-state index contributed by atoms with van der Waals surface area (Å²) in [7, 11) is 0. The van der Waals surface area contributed by atoms with Crippen LogP contribution < -0.4 is 4.89 Å². The van der Waals surface area contributed by atoms with Gasteiger partial charge in [-0.05, 0) is 23.7 Å². The predicted octanol–water partition coefficient (Wildman–Crippen LogP) is 3.30. The van der Waals surface area contributed by atoms with Crippen LogP contribution in [-0.4, -0.2) is 9.59 Å². The van der Waals surface area contributed by atoms with E-state index >= 15 is 0 Å². The lowest BCUT2D eigenvalue weighted by atomic mass is 9.99. The molecule has 2 heterocycles. The molecule has 1 aliphatic heterocycles. The number of nitrogens with zero attached hydrogens (tertiary/aromatic N) is 2. The summed E-state index contributed by atoms with van der Waals surface area (Å²) in [4.78, 5) is 10.9. The van der Waals surface area contributed by atoms with Crippen molar-refractivity contribution in [3.8, 4) is 5.75 Å². The number of aromatic nitrogens is 2. The van der Waals surface area contributed by atoms with E-state index in [1.54, 1.807) is 0 Å². The Labute approximate surface area is 113 Å². The Morgan fingerprint density at radius 2 is 2.05 bits per heavy atom. The molecule has 1 unspecified atom stereocenters. The van der Waals surface area contributed by atoms with Crippen LogP contribution in [0.15, 0.2) is 42.5 Å². The fourth-order valence-corrected chi connectivity index (χ4v) is 2.94. The molecule has 0 spiro atoms. The first-order valence-corrected chi connectivity index (χ1v) is 6.81. The zero-order valence-corrected chi connectivity index (χ0v) is 10.8. The second kappa shape index (κ2) is 4.29. The van der Waals surface area contributed by atoms with Crippen molar-refractivity contribution in [2.45, 2.75) is 12.5 Å².